The molecule has 0 aromatic carbocycles. The summed E-state index contributed by atoms with van der Waals surface area (Å²) in [5.74, 6) is 0. The van der Waals surface area contributed by atoms with Crippen LogP contribution in [0, 0.1) is 13.8 Å². The fraction of sp³-hybridized carbons (Fsp3) is 0.667. The molecule has 0 saturated carbocycles. The van der Waals surface area contributed by atoms with Gasteiger partial charge in [0.2, 0.25) is 0 Å². The number of thiazole rings is 1. The molecule has 1 aromatic heterocycles. The monoisotopic (exact) mass is 263 g/mol. The highest BCUT2D eigenvalue weighted by Crippen LogP contribution is 2.22. The first-order chi connectivity index (χ1) is 7.47. The molecule has 0 aliphatic carbocycles. The highest BCUT2D eigenvalue weighted by molar-refractivity contribution is 7.91. The molecule has 0 aliphatic heterocycles. The van der Waals surface area contributed by atoms with Crippen LogP contribution in [0.15, 0.2) is 4.21 Å². The third-order valence-corrected chi connectivity index (χ3v) is 5.17. The Morgan fingerprint density at radius 1 is 1.38 bits per heavy atom. The van der Waals surface area contributed by atoms with E-state index in [-0.39, 0.29) is 0 Å². The second kappa shape index (κ2) is 5.72. The Morgan fingerprint density at radius 2 is 2.06 bits per heavy atom. The molecule has 16 heavy (non-hydrogen) atoms. The number of unbranched alkanes of at least 4 members (excludes halogenated alkanes) is 1. The SMILES string of the molecule is Cc1nc(C)c(S(=O)(=O)NCCCCN)s1. The van der Waals surface area contributed by atoms with E-state index >= 15 is 0 Å². The zero-order valence-corrected chi connectivity index (χ0v) is 11.1. The molecule has 0 aliphatic rings. The molecule has 0 spiro atoms. The first kappa shape index (κ1) is 13.6. The molecule has 1 rings (SSSR count). The zero-order chi connectivity index (χ0) is 12.2. The molecule has 0 atom stereocenters. The van der Waals surface area contributed by atoms with Crippen LogP contribution in [0.4, 0.5) is 0 Å². The quantitative estimate of drug-likeness (QED) is 0.743. The van der Waals surface area contributed by atoms with Gasteiger partial charge in [-0.15, -0.1) is 11.3 Å². The third kappa shape index (κ3) is 3.51. The standard InChI is InChI=1S/C9H17N3O2S2/c1-7-9(15-8(2)12-7)16(13,14)11-6-4-3-5-10/h11H,3-6,10H2,1-2H3. The van der Waals surface area contributed by atoms with Crippen molar-refractivity contribution < 1.29 is 8.42 Å². The normalized spacial score (nSPS) is 11.9. The van der Waals surface area contributed by atoms with Gasteiger partial charge in [-0.25, -0.2) is 18.1 Å². The summed E-state index contributed by atoms with van der Waals surface area (Å²) in [5, 5.41) is 0.764. The summed E-state index contributed by atoms with van der Waals surface area (Å²) in [4.78, 5) is 4.10. The lowest BCUT2D eigenvalue weighted by Gasteiger charge is -2.04. The lowest BCUT2D eigenvalue weighted by molar-refractivity contribution is 0.578. The molecular weight excluding hydrogens is 246 g/mol. The fourth-order valence-corrected chi connectivity index (χ4v) is 3.90. The number of nitrogens with two attached hydrogens (primary N) is 1. The maximum atomic E-state index is 11.9. The smallest absolute Gasteiger partial charge is 0.251 e. The molecule has 5 nitrogen and oxygen atoms in total. The third-order valence-electron chi connectivity index (χ3n) is 2.03. The average Bonchev–Trinajstić information content (AvgIpc) is 2.53. The van der Waals surface area contributed by atoms with E-state index in [2.05, 4.69) is 9.71 Å². The summed E-state index contributed by atoms with van der Waals surface area (Å²) in [7, 11) is -3.39. The van der Waals surface area contributed by atoms with Crippen molar-refractivity contribution in [3.8, 4) is 0 Å². The van der Waals surface area contributed by atoms with Gasteiger partial charge in [0, 0.05) is 6.54 Å². The lowest BCUT2D eigenvalue weighted by atomic mass is 10.3. The molecular formula is C9H17N3O2S2. The average molecular weight is 263 g/mol. The van der Waals surface area contributed by atoms with Crippen molar-refractivity contribution in [3.63, 3.8) is 0 Å². The van der Waals surface area contributed by atoms with Crippen LogP contribution in [-0.2, 0) is 10.0 Å². The maximum Gasteiger partial charge on any atom is 0.251 e. The second-order valence-corrected chi connectivity index (χ2v) is 6.66. The topological polar surface area (TPSA) is 85.1 Å². The van der Waals surface area contributed by atoms with Crippen LogP contribution in [0.1, 0.15) is 23.5 Å². The minimum absolute atomic E-state index is 0.317. The van der Waals surface area contributed by atoms with Gasteiger partial charge in [0.25, 0.3) is 10.0 Å². The molecule has 0 amide bonds. The van der Waals surface area contributed by atoms with Gasteiger partial charge in [-0.1, -0.05) is 0 Å². The van der Waals surface area contributed by atoms with Crippen LogP contribution in [0.25, 0.3) is 0 Å². The summed E-state index contributed by atoms with van der Waals surface area (Å²) in [6.07, 6.45) is 1.58. The van der Waals surface area contributed by atoms with Gasteiger partial charge >= 0.3 is 0 Å². The number of nitrogens with zero attached hydrogens (tertiary/aromatic N) is 1. The number of nitrogens with one attached hydrogen (secondary N) is 1. The van der Waals surface area contributed by atoms with Crippen molar-refractivity contribution in [1.82, 2.24) is 9.71 Å². The van der Waals surface area contributed by atoms with Crippen molar-refractivity contribution >= 4 is 21.4 Å². The maximum absolute atomic E-state index is 11.9. The van der Waals surface area contributed by atoms with Gasteiger partial charge in [-0.3, -0.25) is 0 Å². The highest BCUT2D eigenvalue weighted by atomic mass is 32.2. The van der Waals surface area contributed by atoms with Crippen molar-refractivity contribution in [1.29, 1.82) is 0 Å². The summed E-state index contributed by atoms with van der Waals surface area (Å²) < 4.78 is 26.6. The second-order valence-electron chi connectivity index (χ2n) is 3.50. The minimum atomic E-state index is -3.39. The molecule has 7 heteroatoms. The fourth-order valence-electron chi connectivity index (χ4n) is 1.30. The van der Waals surface area contributed by atoms with Crippen molar-refractivity contribution in [2.24, 2.45) is 5.73 Å². The Balaban J connectivity index is 2.67. The molecule has 0 radical (unpaired) electrons. The van der Waals surface area contributed by atoms with E-state index in [1.807, 2.05) is 0 Å². The lowest BCUT2D eigenvalue weighted by Crippen LogP contribution is -2.25. The van der Waals surface area contributed by atoms with Crippen LogP contribution < -0.4 is 10.5 Å². The molecule has 1 aromatic rings. The van der Waals surface area contributed by atoms with E-state index in [0.29, 0.717) is 23.0 Å². The van der Waals surface area contributed by atoms with Gasteiger partial charge in [0.1, 0.15) is 0 Å². The zero-order valence-electron chi connectivity index (χ0n) is 9.49. The largest absolute Gasteiger partial charge is 0.330 e. The number of aryl methyl sites for hydroxylation is 2. The Hall–Kier alpha value is -0.500. The Bertz CT molecular complexity index is 440. The number of rotatable bonds is 6. The van der Waals surface area contributed by atoms with E-state index in [1.165, 1.54) is 11.3 Å². The van der Waals surface area contributed by atoms with E-state index in [0.717, 1.165) is 17.8 Å². The van der Waals surface area contributed by atoms with Crippen LogP contribution in [-0.4, -0.2) is 26.5 Å². The Kier molecular flexibility index (Phi) is 4.85. The van der Waals surface area contributed by atoms with Crippen molar-refractivity contribution in [2.75, 3.05) is 13.1 Å². The van der Waals surface area contributed by atoms with Gasteiger partial charge in [0.05, 0.1) is 10.7 Å². The van der Waals surface area contributed by atoms with E-state index in [1.54, 1.807) is 13.8 Å². The van der Waals surface area contributed by atoms with Gasteiger partial charge in [-0.05, 0) is 33.2 Å². The Morgan fingerprint density at radius 3 is 2.56 bits per heavy atom. The molecule has 1 heterocycles. The van der Waals surface area contributed by atoms with Gasteiger partial charge < -0.3 is 5.73 Å². The first-order valence-electron chi connectivity index (χ1n) is 5.11. The summed E-state index contributed by atoms with van der Waals surface area (Å²) in [6, 6.07) is 0. The molecule has 0 unspecified atom stereocenters. The number of hydrogen-bond acceptors (Lipinski definition) is 5. The molecule has 0 saturated heterocycles. The summed E-state index contributed by atoms with van der Waals surface area (Å²) in [6.45, 7) is 4.51. The van der Waals surface area contributed by atoms with Gasteiger partial charge in [0.15, 0.2) is 4.21 Å². The van der Waals surface area contributed by atoms with E-state index < -0.39 is 10.0 Å². The van der Waals surface area contributed by atoms with Crippen LogP contribution in [0.2, 0.25) is 0 Å². The first-order valence-corrected chi connectivity index (χ1v) is 7.41. The molecule has 0 bridgehead atoms. The molecule has 3 N–H and O–H groups in total. The summed E-state index contributed by atoms with van der Waals surface area (Å²) >= 11 is 1.20. The highest BCUT2D eigenvalue weighted by Gasteiger charge is 2.19. The van der Waals surface area contributed by atoms with Crippen LogP contribution in [0.3, 0.4) is 0 Å². The Labute approximate surface area is 100 Å². The van der Waals surface area contributed by atoms with Gasteiger partial charge in [-0.2, -0.15) is 0 Å². The van der Waals surface area contributed by atoms with E-state index in [9.17, 15) is 8.42 Å². The number of hydrogen-bond donors (Lipinski definition) is 2. The van der Waals surface area contributed by atoms with Crippen LogP contribution >= 0.6 is 11.3 Å². The summed E-state index contributed by atoms with van der Waals surface area (Å²) in [5.41, 5.74) is 5.90. The van der Waals surface area contributed by atoms with E-state index in [4.69, 9.17) is 5.73 Å². The van der Waals surface area contributed by atoms with Crippen LogP contribution in [0.5, 0.6) is 0 Å². The predicted octanol–water partition coefficient (Wildman–Crippen LogP) is 0.777. The predicted molar refractivity (Wildman–Crippen MR) is 65.1 cm³/mol. The van der Waals surface area contributed by atoms with Crippen molar-refractivity contribution in [2.45, 2.75) is 30.9 Å². The number of aromatic nitrogens is 1. The molecule has 92 valence electrons. The molecule has 0 fully saturated rings. The van der Waals surface area contributed by atoms with Crippen molar-refractivity contribution in [3.05, 3.63) is 10.7 Å². The number of sulfonamides is 1. The minimum Gasteiger partial charge on any atom is -0.330 e.